The third-order valence-corrected chi connectivity index (χ3v) is 6.95. The van der Waals surface area contributed by atoms with Crippen molar-refractivity contribution in [1.29, 1.82) is 0 Å². The van der Waals surface area contributed by atoms with Crippen LogP contribution in [-0.4, -0.2) is 58.0 Å². The predicted octanol–water partition coefficient (Wildman–Crippen LogP) is 4.63. The molecule has 37 heavy (non-hydrogen) atoms. The first kappa shape index (κ1) is 24.9. The highest BCUT2D eigenvalue weighted by atomic mass is 19.4. The molecule has 0 radical (unpaired) electrons. The van der Waals surface area contributed by atoms with Gasteiger partial charge in [-0.1, -0.05) is 13.0 Å². The Morgan fingerprint density at radius 3 is 2.70 bits per heavy atom. The third kappa shape index (κ3) is 5.08. The van der Waals surface area contributed by atoms with E-state index >= 15 is 0 Å². The lowest BCUT2D eigenvalue weighted by Gasteiger charge is -2.40. The Morgan fingerprint density at radius 2 is 1.97 bits per heavy atom. The van der Waals surface area contributed by atoms with Crippen molar-refractivity contribution in [3.05, 3.63) is 53.5 Å². The molecule has 8 nitrogen and oxygen atoms in total. The van der Waals surface area contributed by atoms with Crippen molar-refractivity contribution >= 4 is 28.9 Å². The molecule has 1 saturated heterocycles. The fourth-order valence-corrected chi connectivity index (χ4v) is 4.87. The largest absolute Gasteiger partial charge is 0.416 e. The molecule has 5 rings (SSSR count). The minimum atomic E-state index is -4.52. The first-order valence-corrected chi connectivity index (χ1v) is 12.2. The van der Waals surface area contributed by atoms with Gasteiger partial charge in [0.1, 0.15) is 0 Å². The molecule has 1 aromatic carbocycles. The number of carbonyl (C=O) groups is 1. The number of halogens is 3. The first-order valence-electron chi connectivity index (χ1n) is 12.2. The molecule has 0 unspecified atom stereocenters. The van der Waals surface area contributed by atoms with Crippen molar-refractivity contribution in [2.24, 2.45) is 0 Å². The monoisotopic (exact) mass is 511 g/mol. The molecular weight excluding hydrogens is 483 g/mol. The summed E-state index contributed by atoms with van der Waals surface area (Å²) >= 11 is 0. The van der Waals surface area contributed by atoms with E-state index in [4.69, 9.17) is 0 Å². The van der Waals surface area contributed by atoms with E-state index in [2.05, 4.69) is 49.2 Å². The zero-order valence-electron chi connectivity index (χ0n) is 20.9. The van der Waals surface area contributed by atoms with Gasteiger partial charge < -0.3 is 15.5 Å². The summed E-state index contributed by atoms with van der Waals surface area (Å²) in [6.07, 6.45) is -1.17. The number of amides is 1. The summed E-state index contributed by atoms with van der Waals surface area (Å²) in [6, 6.07) is 5.71. The van der Waals surface area contributed by atoms with E-state index in [0.29, 0.717) is 22.9 Å². The summed E-state index contributed by atoms with van der Waals surface area (Å²) in [5.41, 5.74) is 3.07. The summed E-state index contributed by atoms with van der Waals surface area (Å²) < 4.78 is 39.8. The fraction of sp³-hybridized carbons (Fsp3) is 0.385. The van der Waals surface area contributed by atoms with Gasteiger partial charge in [-0.3, -0.25) is 14.7 Å². The third-order valence-electron chi connectivity index (χ3n) is 6.95. The quantitative estimate of drug-likeness (QED) is 0.528. The van der Waals surface area contributed by atoms with Crippen LogP contribution in [0.5, 0.6) is 0 Å². The topological polar surface area (TPSA) is 86.3 Å². The zero-order chi connectivity index (χ0) is 26.3. The van der Waals surface area contributed by atoms with Gasteiger partial charge >= 0.3 is 6.18 Å². The summed E-state index contributed by atoms with van der Waals surface area (Å²) in [6.45, 7) is 10.1. The molecular formula is C26H28F3N7O. The van der Waals surface area contributed by atoms with E-state index in [9.17, 15) is 18.0 Å². The number of aryl methyl sites for hydroxylation is 1. The number of carbonyl (C=O) groups excluding carboxylic acids is 1. The Morgan fingerprint density at radius 1 is 1.16 bits per heavy atom. The first-order chi connectivity index (χ1) is 17.6. The van der Waals surface area contributed by atoms with Crippen LogP contribution in [0.4, 0.5) is 36.2 Å². The van der Waals surface area contributed by atoms with Crippen molar-refractivity contribution in [2.45, 2.75) is 39.4 Å². The number of likely N-dealkylation sites (N-methyl/N-ethyl adjacent to an activating group) is 1. The van der Waals surface area contributed by atoms with Gasteiger partial charge in [-0.15, -0.1) is 0 Å². The van der Waals surface area contributed by atoms with Crippen LogP contribution in [0.15, 0.2) is 36.7 Å². The molecule has 1 fully saturated rings. The summed E-state index contributed by atoms with van der Waals surface area (Å²) in [5, 5.41) is 5.79. The van der Waals surface area contributed by atoms with Crippen LogP contribution in [0.1, 0.15) is 30.7 Å². The predicted molar refractivity (Wildman–Crippen MR) is 136 cm³/mol. The number of nitrogens with one attached hydrogen (secondary N) is 2. The highest BCUT2D eigenvalue weighted by molar-refractivity contribution is 6.00. The number of hydrogen-bond donors (Lipinski definition) is 2. The van der Waals surface area contributed by atoms with Crippen LogP contribution in [0.2, 0.25) is 0 Å². The van der Waals surface area contributed by atoms with Crippen LogP contribution >= 0.6 is 0 Å². The molecule has 0 aliphatic carbocycles. The SMILES string of the molecule is CCN1CCN(c2cnc(C)c(Nc3ncc4c(n3)-c3ccc(C(F)(F)F)cc3NC(=O)C4)c2)C[C@@H]1C. The smallest absolute Gasteiger partial charge is 0.367 e. The number of alkyl halides is 3. The molecule has 2 N–H and O–H groups in total. The van der Waals surface area contributed by atoms with Crippen molar-refractivity contribution in [3.8, 4) is 11.3 Å². The molecule has 11 heteroatoms. The molecule has 0 saturated carbocycles. The van der Waals surface area contributed by atoms with Gasteiger partial charge in [0.25, 0.3) is 0 Å². The van der Waals surface area contributed by atoms with Gasteiger partial charge in [-0.05, 0) is 38.6 Å². The maximum atomic E-state index is 13.3. The number of nitrogens with zero attached hydrogens (tertiary/aromatic N) is 5. The molecule has 4 heterocycles. The van der Waals surface area contributed by atoms with Crippen LogP contribution in [0, 0.1) is 6.92 Å². The summed E-state index contributed by atoms with van der Waals surface area (Å²) in [7, 11) is 0. The normalized spacial score (nSPS) is 18.1. The van der Waals surface area contributed by atoms with Gasteiger partial charge in [0.05, 0.1) is 46.6 Å². The van der Waals surface area contributed by atoms with Gasteiger partial charge in [0, 0.05) is 43.0 Å². The molecule has 2 aliphatic heterocycles. The Bertz CT molecular complexity index is 1340. The minimum absolute atomic E-state index is 0.0381. The number of hydrogen-bond acceptors (Lipinski definition) is 7. The number of anilines is 4. The Hall–Kier alpha value is -3.73. The van der Waals surface area contributed by atoms with E-state index in [1.54, 1.807) is 0 Å². The van der Waals surface area contributed by atoms with Crippen LogP contribution in [0.25, 0.3) is 11.3 Å². The number of pyridine rings is 1. The number of piperazine rings is 1. The average molecular weight is 512 g/mol. The van der Waals surface area contributed by atoms with Crippen molar-refractivity contribution < 1.29 is 18.0 Å². The number of aromatic nitrogens is 3. The minimum Gasteiger partial charge on any atom is -0.367 e. The molecule has 3 aromatic rings. The van der Waals surface area contributed by atoms with Crippen LogP contribution in [0.3, 0.4) is 0 Å². The number of benzene rings is 1. The van der Waals surface area contributed by atoms with Crippen molar-refractivity contribution in [3.63, 3.8) is 0 Å². The Kier molecular flexibility index (Phi) is 6.49. The molecule has 0 spiro atoms. The van der Waals surface area contributed by atoms with Crippen molar-refractivity contribution in [2.75, 3.05) is 41.7 Å². The van der Waals surface area contributed by atoms with E-state index in [1.165, 1.54) is 12.3 Å². The van der Waals surface area contributed by atoms with Gasteiger partial charge in [0.15, 0.2) is 0 Å². The second kappa shape index (κ2) is 9.62. The maximum absolute atomic E-state index is 13.3. The lowest BCUT2D eigenvalue weighted by molar-refractivity contribution is -0.137. The average Bonchev–Trinajstić information content (AvgIpc) is 2.99. The summed E-state index contributed by atoms with van der Waals surface area (Å²) in [4.78, 5) is 30.7. The van der Waals surface area contributed by atoms with Crippen molar-refractivity contribution in [1.82, 2.24) is 19.9 Å². The molecule has 0 bridgehead atoms. The Balaban J connectivity index is 1.46. The molecule has 1 atom stereocenters. The van der Waals surface area contributed by atoms with E-state index in [-0.39, 0.29) is 18.1 Å². The van der Waals surface area contributed by atoms with Crippen LogP contribution < -0.4 is 15.5 Å². The van der Waals surface area contributed by atoms with Gasteiger partial charge in [-0.25, -0.2) is 9.97 Å². The van der Waals surface area contributed by atoms with E-state index < -0.39 is 17.6 Å². The van der Waals surface area contributed by atoms with Crippen LogP contribution in [-0.2, 0) is 17.4 Å². The Labute approximate surface area is 212 Å². The van der Waals surface area contributed by atoms with Gasteiger partial charge in [0.2, 0.25) is 11.9 Å². The van der Waals surface area contributed by atoms with E-state index in [1.807, 2.05) is 19.2 Å². The summed E-state index contributed by atoms with van der Waals surface area (Å²) in [5.74, 6) is -0.154. The molecule has 2 aliphatic rings. The number of fused-ring (bicyclic) bond motifs is 3. The van der Waals surface area contributed by atoms with E-state index in [0.717, 1.165) is 55.4 Å². The molecule has 194 valence electrons. The lowest BCUT2D eigenvalue weighted by Crippen LogP contribution is -2.51. The zero-order valence-corrected chi connectivity index (χ0v) is 20.9. The molecule has 1 amide bonds. The fourth-order valence-electron chi connectivity index (χ4n) is 4.87. The van der Waals surface area contributed by atoms with Gasteiger partial charge in [-0.2, -0.15) is 13.2 Å². The highest BCUT2D eigenvalue weighted by Gasteiger charge is 2.32. The number of rotatable bonds is 4. The highest BCUT2D eigenvalue weighted by Crippen LogP contribution is 2.38. The molecule has 2 aromatic heterocycles. The second-order valence-electron chi connectivity index (χ2n) is 9.43. The standard InChI is InChI=1S/C26H28F3N7O/c1-4-35-7-8-36(14-15(35)2)19-11-21(16(3)30-13-19)33-25-31-12-17-9-23(37)32-22-10-18(26(27,28)29)5-6-20(22)24(17)34-25/h5-6,10-13,15H,4,7-9,14H2,1-3H3,(H,32,37)(H,31,33,34)/t15-/m0/s1. The maximum Gasteiger partial charge on any atom is 0.416 e. The lowest BCUT2D eigenvalue weighted by atomic mass is 10.0. The second-order valence-corrected chi connectivity index (χ2v) is 9.43.